The Morgan fingerprint density at radius 1 is 1.00 bits per heavy atom. The molecule has 2 aromatic rings. The van der Waals surface area contributed by atoms with Crippen LogP contribution < -0.4 is 5.32 Å². The van der Waals surface area contributed by atoms with E-state index in [9.17, 15) is 0 Å². The first kappa shape index (κ1) is 15.3. The highest BCUT2D eigenvalue weighted by Gasteiger charge is 2.10. The van der Waals surface area contributed by atoms with Gasteiger partial charge in [0.1, 0.15) is 0 Å². The number of nitrogens with one attached hydrogen (secondary N) is 1. The van der Waals surface area contributed by atoms with Crippen molar-refractivity contribution >= 4 is 15.9 Å². The largest absolute Gasteiger partial charge is 0.319 e. The summed E-state index contributed by atoms with van der Waals surface area (Å²) in [6.45, 7) is 3.18. The Balaban J connectivity index is 2.05. The van der Waals surface area contributed by atoms with Crippen LogP contribution >= 0.6 is 15.9 Å². The zero-order chi connectivity index (χ0) is 14.4. The topological polar surface area (TPSA) is 12.0 Å². The lowest BCUT2D eigenvalue weighted by Crippen LogP contribution is -2.22. The van der Waals surface area contributed by atoms with Crippen molar-refractivity contribution in [3.63, 3.8) is 0 Å². The van der Waals surface area contributed by atoms with Crippen molar-refractivity contribution in [2.75, 3.05) is 13.6 Å². The highest BCUT2D eigenvalue weighted by molar-refractivity contribution is 9.10. The molecule has 0 aliphatic carbocycles. The number of halogens is 1. The number of hydrogen-bond acceptors (Lipinski definition) is 1. The highest BCUT2D eigenvalue weighted by Crippen LogP contribution is 2.18. The van der Waals surface area contributed by atoms with Crippen molar-refractivity contribution in [2.24, 2.45) is 5.92 Å². The molecule has 0 bridgehead atoms. The fourth-order valence-electron chi connectivity index (χ4n) is 2.56. The summed E-state index contributed by atoms with van der Waals surface area (Å²) in [5.74, 6) is 0.622. The van der Waals surface area contributed by atoms with Gasteiger partial charge in [-0.3, -0.25) is 0 Å². The molecule has 1 atom stereocenters. The van der Waals surface area contributed by atoms with Crippen molar-refractivity contribution in [3.05, 3.63) is 69.7 Å². The van der Waals surface area contributed by atoms with Crippen molar-refractivity contribution in [2.45, 2.75) is 19.8 Å². The van der Waals surface area contributed by atoms with Gasteiger partial charge in [-0.2, -0.15) is 0 Å². The molecule has 1 N–H and O–H groups in total. The molecule has 0 saturated carbocycles. The minimum absolute atomic E-state index is 0.622. The lowest BCUT2D eigenvalue weighted by Gasteiger charge is -2.17. The Morgan fingerprint density at radius 3 is 2.35 bits per heavy atom. The molecule has 0 aliphatic heterocycles. The first-order valence-corrected chi connectivity index (χ1v) is 7.91. The summed E-state index contributed by atoms with van der Waals surface area (Å²) in [4.78, 5) is 0. The maximum atomic E-state index is 3.55. The molecular formula is C18H22BrN. The highest BCUT2D eigenvalue weighted by atomic mass is 79.9. The molecule has 0 aliphatic rings. The summed E-state index contributed by atoms with van der Waals surface area (Å²) < 4.78 is 1.16. The summed E-state index contributed by atoms with van der Waals surface area (Å²) in [5.41, 5.74) is 4.14. The first-order valence-electron chi connectivity index (χ1n) is 7.12. The van der Waals surface area contributed by atoms with Crippen LogP contribution in [-0.2, 0) is 12.8 Å². The Kier molecular flexibility index (Phi) is 5.81. The van der Waals surface area contributed by atoms with Gasteiger partial charge in [-0.15, -0.1) is 0 Å². The Morgan fingerprint density at radius 2 is 1.70 bits per heavy atom. The van der Waals surface area contributed by atoms with Gasteiger partial charge in [-0.1, -0.05) is 57.9 Å². The molecule has 1 nitrogen and oxygen atoms in total. The van der Waals surface area contributed by atoms with Gasteiger partial charge in [0.2, 0.25) is 0 Å². The van der Waals surface area contributed by atoms with Gasteiger partial charge < -0.3 is 5.32 Å². The molecule has 0 heterocycles. The molecule has 0 radical (unpaired) electrons. The van der Waals surface area contributed by atoms with Crippen molar-refractivity contribution in [1.29, 1.82) is 0 Å². The molecule has 0 aromatic heterocycles. The number of aryl methyl sites for hydroxylation is 1. The third-order valence-electron chi connectivity index (χ3n) is 3.55. The van der Waals surface area contributed by atoms with Crippen LogP contribution in [0, 0.1) is 12.8 Å². The molecule has 2 rings (SSSR count). The minimum atomic E-state index is 0.622. The molecule has 0 amide bonds. The molecule has 1 unspecified atom stereocenters. The fourth-order valence-corrected chi connectivity index (χ4v) is 3.01. The Hall–Kier alpha value is -1.12. The van der Waals surface area contributed by atoms with Gasteiger partial charge in [-0.25, -0.2) is 0 Å². The van der Waals surface area contributed by atoms with Gasteiger partial charge in [0, 0.05) is 4.47 Å². The second-order valence-corrected chi connectivity index (χ2v) is 6.36. The standard InChI is InChI=1S/C18H22BrN/c1-14-6-8-15(9-7-14)10-17(13-20-2)11-16-4-3-5-18(19)12-16/h3-9,12,17,20H,10-11,13H2,1-2H3. The van der Waals surface area contributed by atoms with E-state index in [1.807, 2.05) is 7.05 Å². The van der Waals surface area contributed by atoms with Crippen LogP contribution in [0.3, 0.4) is 0 Å². The summed E-state index contributed by atoms with van der Waals surface area (Å²) in [6, 6.07) is 17.5. The van der Waals surface area contributed by atoms with E-state index in [2.05, 4.69) is 76.7 Å². The minimum Gasteiger partial charge on any atom is -0.319 e. The van der Waals surface area contributed by atoms with Gasteiger partial charge in [0.15, 0.2) is 0 Å². The van der Waals surface area contributed by atoms with Gasteiger partial charge in [0.25, 0.3) is 0 Å². The molecule has 0 saturated heterocycles. The van der Waals surface area contributed by atoms with Crippen LogP contribution in [0.15, 0.2) is 53.0 Å². The van der Waals surface area contributed by atoms with Gasteiger partial charge >= 0.3 is 0 Å². The molecule has 2 heteroatoms. The van der Waals surface area contributed by atoms with Gasteiger partial charge in [-0.05, 0) is 62.5 Å². The number of benzene rings is 2. The summed E-state index contributed by atoms with van der Waals surface area (Å²) in [5, 5.41) is 3.32. The maximum absolute atomic E-state index is 3.55. The smallest absolute Gasteiger partial charge is 0.0177 e. The maximum Gasteiger partial charge on any atom is 0.0177 e. The lowest BCUT2D eigenvalue weighted by molar-refractivity contribution is 0.493. The predicted molar refractivity (Wildman–Crippen MR) is 90.1 cm³/mol. The molecule has 106 valence electrons. The quantitative estimate of drug-likeness (QED) is 0.828. The van der Waals surface area contributed by atoms with Crippen LogP contribution in [0.1, 0.15) is 16.7 Å². The van der Waals surface area contributed by atoms with E-state index in [1.165, 1.54) is 16.7 Å². The van der Waals surface area contributed by atoms with E-state index < -0.39 is 0 Å². The second-order valence-electron chi connectivity index (χ2n) is 5.45. The summed E-state index contributed by atoms with van der Waals surface area (Å²) >= 11 is 3.55. The average molecular weight is 332 g/mol. The van der Waals surface area contributed by atoms with Crippen molar-refractivity contribution in [3.8, 4) is 0 Å². The predicted octanol–water partition coefficient (Wildman–Crippen LogP) is 4.38. The lowest BCUT2D eigenvalue weighted by atomic mass is 9.92. The second kappa shape index (κ2) is 7.61. The number of rotatable bonds is 6. The summed E-state index contributed by atoms with van der Waals surface area (Å²) in [7, 11) is 2.03. The Labute approximate surface area is 130 Å². The van der Waals surface area contributed by atoms with E-state index in [0.29, 0.717) is 5.92 Å². The molecule has 0 fully saturated rings. The van der Waals surface area contributed by atoms with E-state index in [4.69, 9.17) is 0 Å². The molecule has 20 heavy (non-hydrogen) atoms. The third-order valence-corrected chi connectivity index (χ3v) is 4.04. The van der Waals surface area contributed by atoms with E-state index >= 15 is 0 Å². The monoisotopic (exact) mass is 331 g/mol. The molecule has 0 spiro atoms. The average Bonchev–Trinajstić information content (AvgIpc) is 2.42. The van der Waals surface area contributed by atoms with Crippen LogP contribution in [0.4, 0.5) is 0 Å². The third kappa shape index (κ3) is 4.77. The normalized spacial score (nSPS) is 12.3. The number of hydrogen-bond donors (Lipinski definition) is 1. The van der Waals surface area contributed by atoms with Crippen LogP contribution in [-0.4, -0.2) is 13.6 Å². The Bertz CT molecular complexity index is 533. The molecule has 2 aromatic carbocycles. The zero-order valence-corrected chi connectivity index (χ0v) is 13.8. The van der Waals surface area contributed by atoms with E-state index in [-0.39, 0.29) is 0 Å². The summed E-state index contributed by atoms with van der Waals surface area (Å²) in [6.07, 6.45) is 2.22. The SMILES string of the molecule is CNCC(Cc1ccc(C)cc1)Cc1cccc(Br)c1. The molecular weight excluding hydrogens is 310 g/mol. The van der Waals surface area contributed by atoms with Crippen LogP contribution in [0.25, 0.3) is 0 Å². The first-order chi connectivity index (χ1) is 9.67. The van der Waals surface area contributed by atoms with Crippen LogP contribution in [0.5, 0.6) is 0 Å². The van der Waals surface area contributed by atoms with E-state index in [1.54, 1.807) is 0 Å². The van der Waals surface area contributed by atoms with Crippen molar-refractivity contribution in [1.82, 2.24) is 5.32 Å². The van der Waals surface area contributed by atoms with Gasteiger partial charge in [0.05, 0.1) is 0 Å². The van der Waals surface area contributed by atoms with Crippen LogP contribution in [0.2, 0.25) is 0 Å². The fraction of sp³-hybridized carbons (Fsp3) is 0.333. The zero-order valence-electron chi connectivity index (χ0n) is 12.2. The van der Waals surface area contributed by atoms with E-state index in [0.717, 1.165) is 23.9 Å². The van der Waals surface area contributed by atoms with Crippen molar-refractivity contribution < 1.29 is 0 Å².